The molecule has 1 aliphatic rings. The molecule has 1 atom stereocenters. The van der Waals surface area contributed by atoms with E-state index in [4.69, 9.17) is 23.2 Å². The van der Waals surface area contributed by atoms with Gasteiger partial charge in [-0.1, -0.05) is 23.2 Å². The molecule has 0 N–H and O–H groups in total. The average molecular weight is 351 g/mol. The highest BCUT2D eigenvalue weighted by atomic mass is 35.5. The number of carbonyl (C=O) groups excluding carboxylic acids is 1. The normalized spacial score (nSPS) is 20.7. The number of carbonyl (C=O) groups is 1. The zero-order valence-electron chi connectivity index (χ0n) is 11.7. The van der Waals surface area contributed by atoms with Gasteiger partial charge in [0.2, 0.25) is 0 Å². The van der Waals surface area contributed by atoms with E-state index >= 15 is 0 Å². The Bertz CT molecular complexity index is 641. The third kappa shape index (κ3) is 3.88. The fraction of sp³-hybridized carbons (Fsp3) is 0.462. The van der Waals surface area contributed by atoms with Crippen LogP contribution >= 0.6 is 23.2 Å². The first kappa shape index (κ1) is 16.5. The van der Waals surface area contributed by atoms with Gasteiger partial charge in [-0.3, -0.25) is 9.80 Å². The predicted molar refractivity (Wildman–Crippen MR) is 83.4 cm³/mol. The molecule has 1 aromatic carbocycles. The molecule has 5 nitrogen and oxygen atoms in total. The lowest BCUT2D eigenvalue weighted by atomic mass is 10.1. The summed E-state index contributed by atoms with van der Waals surface area (Å²) < 4.78 is 23.3. The van der Waals surface area contributed by atoms with Crippen LogP contribution in [0.4, 0.5) is 0 Å². The van der Waals surface area contributed by atoms with Crippen molar-refractivity contribution in [2.24, 2.45) is 0 Å². The van der Waals surface area contributed by atoms with Crippen LogP contribution in [-0.4, -0.2) is 56.0 Å². The number of sulfone groups is 1. The molecule has 1 heterocycles. The molecule has 1 fully saturated rings. The Morgan fingerprint density at radius 2 is 1.76 bits per heavy atom. The molecule has 1 amide bonds. The van der Waals surface area contributed by atoms with Crippen molar-refractivity contribution < 1.29 is 13.2 Å². The molecular weight excluding hydrogens is 335 g/mol. The number of hydrogen-bond donors (Lipinski definition) is 0. The van der Waals surface area contributed by atoms with Gasteiger partial charge in [0.25, 0.3) is 5.91 Å². The van der Waals surface area contributed by atoms with Crippen LogP contribution in [0.5, 0.6) is 0 Å². The number of amides is 1. The molecule has 0 aliphatic carbocycles. The number of halogens is 2. The third-order valence-corrected chi connectivity index (χ3v) is 5.49. The van der Waals surface area contributed by atoms with Gasteiger partial charge in [0.15, 0.2) is 9.84 Å². The van der Waals surface area contributed by atoms with Crippen LogP contribution in [0.3, 0.4) is 0 Å². The number of hydrogen-bond acceptors (Lipinski definition) is 4. The lowest BCUT2D eigenvalue weighted by molar-refractivity contribution is 0.00101. The van der Waals surface area contributed by atoms with E-state index in [1.807, 2.05) is 0 Å². The summed E-state index contributed by atoms with van der Waals surface area (Å²) in [5, 5.41) is 3.78. The minimum absolute atomic E-state index is 0.0226. The van der Waals surface area contributed by atoms with Crippen molar-refractivity contribution in [2.45, 2.75) is 12.5 Å². The molecular formula is C13H16Cl2N2O3S. The van der Waals surface area contributed by atoms with E-state index < -0.39 is 9.84 Å². The summed E-state index contributed by atoms with van der Waals surface area (Å²) >= 11 is 11.8. The Morgan fingerprint density at radius 3 is 2.19 bits per heavy atom. The van der Waals surface area contributed by atoms with E-state index in [0.29, 0.717) is 22.0 Å². The highest BCUT2D eigenvalue weighted by molar-refractivity contribution is 7.91. The molecule has 116 valence electrons. The van der Waals surface area contributed by atoms with Gasteiger partial charge >= 0.3 is 0 Å². The molecule has 0 radical (unpaired) electrons. The minimum atomic E-state index is -3.08. The van der Waals surface area contributed by atoms with Crippen molar-refractivity contribution in [3.05, 3.63) is 33.8 Å². The molecule has 21 heavy (non-hydrogen) atoms. The molecule has 0 saturated carbocycles. The molecule has 0 spiro atoms. The second-order valence-electron chi connectivity index (χ2n) is 5.21. The summed E-state index contributed by atoms with van der Waals surface area (Å²) in [6, 6.07) is 4.22. The van der Waals surface area contributed by atoms with Crippen molar-refractivity contribution >= 4 is 38.9 Å². The summed E-state index contributed by atoms with van der Waals surface area (Å²) in [4.78, 5) is 12.7. The van der Waals surface area contributed by atoms with Crippen molar-refractivity contribution in [2.75, 3.05) is 25.6 Å². The van der Waals surface area contributed by atoms with Crippen molar-refractivity contribution in [3.63, 3.8) is 0 Å². The highest BCUT2D eigenvalue weighted by Gasteiger charge is 2.36. The van der Waals surface area contributed by atoms with Gasteiger partial charge in [0, 0.05) is 29.7 Å². The Kier molecular flexibility index (Phi) is 4.82. The summed E-state index contributed by atoms with van der Waals surface area (Å²) in [6.45, 7) is 0. The van der Waals surface area contributed by atoms with Crippen LogP contribution in [0.15, 0.2) is 18.2 Å². The van der Waals surface area contributed by atoms with E-state index in [1.54, 1.807) is 25.2 Å². The molecule has 0 aromatic heterocycles. The van der Waals surface area contributed by atoms with E-state index in [1.165, 1.54) is 17.1 Å². The van der Waals surface area contributed by atoms with Crippen LogP contribution in [0.25, 0.3) is 0 Å². The smallest absolute Gasteiger partial charge is 0.268 e. The zero-order valence-corrected chi connectivity index (χ0v) is 14.0. The third-order valence-electron chi connectivity index (χ3n) is 3.30. The van der Waals surface area contributed by atoms with Gasteiger partial charge in [-0.25, -0.2) is 13.4 Å². The predicted octanol–water partition coefficient (Wildman–Crippen LogP) is 2.10. The summed E-state index contributed by atoms with van der Waals surface area (Å²) in [5.41, 5.74) is 0.338. The highest BCUT2D eigenvalue weighted by Crippen LogP contribution is 2.24. The largest absolute Gasteiger partial charge is 0.268 e. The zero-order chi connectivity index (χ0) is 15.8. The molecule has 0 unspecified atom stereocenters. The quantitative estimate of drug-likeness (QED) is 0.783. The molecule has 1 aromatic rings. The molecule has 1 saturated heterocycles. The van der Waals surface area contributed by atoms with Crippen LogP contribution in [0.1, 0.15) is 16.8 Å². The van der Waals surface area contributed by atoms with Crippen LogP contribution in [0.2, 0.25) is 10.0 Å². The van der Waals surface area contributed by atoms with Crippen LogP contribution < -0.4 is 0 Å². The average Bonchev–Trinajstić information content (AvgIpc) is 2.67. The first-order chi connectivity index (χ1) is 9.69. The first-order valence-electron chi connectivity index (χ1n) is 6.37. The Morgan fingerprint density at radius 1 is 1.19 bits per heavy atom. The molecule has 2 rings (SSSR count). The van der Waals surface area contributed by atoms with Gasteiger partial charge in [0.1, 0.15) is 0 Å². The fourth-order valence-electron chi connectivity index (χ4n) is 2.45. The summed E-state index contributed by atoms with van der Waals surface area (Å²) in [7, 11) is 0.328. The van der Waals surface area contributed by atoms with Gasteiger partial charge in [-0.05, 0) is 24.6 Å². The maximum absolute atomic E-state index is 12.7. The molecule has 1 aliphatic heterocycles. The molecule has 8 heteroatoms. The summed E-state index contributed by atoms with van der Waals surface area (Å²) in [5.74, 6) is -0.233. The minimum Gasteiger partial charge on any atom is -0.268 e. The monoisotopic (exact) mass is 350 g/mol. The second-order valence-corrected chi connectivity index (χ2v) is 8.31. The van der Waals surface area contributed by atoms with Gasteiger partial charge in [0.05, 0.1) is 17.5 Å². The SMILES string of the molecule is CN(C)N(C(=O)c1cc(Cl)cc(Cl)c1)[C@H]1CCS(=O)(=O)C1. The van der Waals surface area contributed by atoms with Crippen molar-refractivity contribution in [1.82, 2.24) is 10.0 Å². The number of nitrogens with zero attached hydrogens (tertiary/aromatic N) is 2. The topological polar surface area (TPSA) is 57.7 Å². The lowest BCUT2D eigenvalue weighted by Gasteiger charge is -2.33. The van der Waals surface area contributed by atoms with Crippen molar-refractivity contribution in [1.29, 1.82) is 0 Å². The molecule has 0 bridgehead atoms. The maximum atomic E-state index is 12.7. The van der Waals surface area contributed by atoms with Gasteiger partial charge in [-0.15, -0.1) is 0 Å². The summed E-state index contributed by atoms with van der Waals surface area (Å²) in [6.07, 6.45) is 0.431. The number of hydrazine groups is 1. The number of benzene rings is 1. The standard InChI is InChI=1S/C13H16Cl2N2O3S/c1-16(2)17(12-3-4-21(19,20)8-12)13(18)9-5-10(14)7-11(15)6-9/h5-7,12H,3-4,8H2,1-2H3/t12-/m0/s1. The van der Waals surface area contributed by atoms with Crippen LogP contribution in [-0.2, 0) is 9.84 Å². The fourth-order valence-corrected chi connectivity index (χ4v) is 4.67. The van der Waals surface area contributed by atoms with Crippen LogP contribution in [0, 0.1) is 0 Å². The van der Waals surface area contributed by atoms with E-state index in [9.17, 15) is 13.2 Å². The van der Waals surface area contributed by atoms with E-state index in [0.717, 1.165) is 0 Å². The lowest BCUT2D eigenvalue weighted by Crippen LogP contribution is -2.49. The Hall–Kier alpha value is -0.820. The van der Waals surface area contributed by atoms with E-state index in [2.05, 4.69) is 0 Å². The number of rotatable bonds is 3. The second kappa shape index (κ2) is 6.12. The first-order valence-corrected chi connectivity index (χ1v) is 8.94. The van der Waals surface area contributed by atoms with Crippen molar-refractivity contribution in [3.8, 4) is 0 Å². The van der Waals surface area contributed by atoms with Gasteiger partial charge in [-0.2, -0.15) is 0 Å². The van der Waals surface area contributed by atoms with E-state index in [-0.39, 0.29) is 23.5 Å². The Labute approximate surface area is 134 Å². The maximum Gasteiger partial charge on any atom is 0.268 e. The van der Waals surface area contributed by atoms with Gasteiger partial charge < -0.3 is 0 Å². The Balaban J connectivity index is 2.32.